The number of benzene rings is 2. The molecule has 0 bridgehead atoms. The van der Waals surface area contributed by atoms with Crippen LogP contribution >= 0.6 is 0 Å². The van der Waals surface area contributed by atoms with Crippen molar-refractivity contribution >= 4 is 22.9 Å². The first-order valence-electron chi connectivity index (χ1n) is 10.4. The van der Waals surface area contributed by atoms with Gasteiger partial charge in [0.15, 0.2) is 6.10 Å². The van der Waals surface area contributed by atoms with E-state index in [1.165, 1.54) is 0 Å². The molecular weight excluding hydrogens is 466 g/mol. The zero-order chi connectivity index (χ0) is 25.7. The first-order chi connectivity index (χ1) is 16.4. The molecule has 7 nitrogen and oxygen atoms in total. The Hall–Kier alpha value is -3.99. The number of nitrogens with two attached hydrogens (primary N) is 1. The van der Waals surface area contributed by atoms with Gasteiger partial charge in [-0.05, 0) is 62.2 Å². The highest BCUT2D eigenvalue weighted by molar-refractivity contribution is 5.95. The average Bonchev–Trinajstić information content (AvgIpc) is 3.13. The fourth-order valence-corrected chi connectivity index (χ4v) is 3.97. The van der Waals surface area contributed by atoms with E-state index in [2.05, 4.69) is 15.3 Å². The van der Waals surface area contributed by atoms with Gasteiger partial charge in [-0.2, -0.15) is 13.2 Å². The monoisotopic (exact) mass is 487 g/mol. The number of aliphatic hydroxyl groups excluding tert-OH is 1. The number of carbonyl (C=O) groups is 1. The van der Waals surface area contributed by atoms with Gasteiger partial charge >= 0.3 is 6.18 Å². The maximum Gasteiger partial charge on any atom is 0.416 e. The van der Waals surface area contributed by atoms with Gasteiger partial charge in [-0.3, -0.25) is 9.20 Å². The predicted octanol–water partition coefficient (Wildman–Crippen LogP) is 4.73. The van der Waals surface area contributed by atoms with Crippen molar-refractivity contribution in [3.8, 4) is 11.3 Å². The number of carbonyl (C=O) groups excluding carboxylic acids is 1. The van der Waals surface area contributed by atoms with E-state index < -0.39 is 35.1 Å². The first-order valence-corrected chi connectivity index (χ1v) is 10.4. The Morgan fingerprint density at radius 3 is 2.51 bits per heavy atom. The largest absolute Gasteiger partial charge is 0.416 e. The summed E-state index contributed by atoms with van der Waals surface area (Å²) in [7, 11) is 0. The van der Waals surface area contributed by atoms with E-state index in [1.807, 2.05) is 18.2 Å². The molecule has 0 saturated carbocycles. The van der Waals surface area contributed by atoms with Gasteiger partial charge in [-0.25, -0.2) is 14.4 Å². The topological polar surface area (TPSA) is 106 Å². The molecule has 0 radical (unpaired) electrons. The minimum Gasteiger partial charge on any atom is -0.382 e. The number of nitrogens with zero attached hydrogens (tertiary/aromatic N) is 3. The number of hydrogen-bond acceptors (Lipinski definition) is 5. The number of anilines is 2. The lowest BCUT2D eigenvalue weighted by Gasteiger charge is -2.15. The van der Waals surface area contributed by atoms with Crippen LogP contribution in [0, 0.1) is 26.6 Å². The standard InChI is InChI=1S/C24H21F4N5O2/c1-11-6-17(32-23(35)21(34)14-7-15(24(26,27)28)9-16(25)8-14)4-5-18(11)19-20-22(29)30-10-12(2)33(20)13(3)31-19/h4-10,21,34H,1-3H3,(H2,29,30)(H,32,35)/t21-/m1/s1. The maximum atomic E-state index is 13.7. The van der Waals surface area contributed by atoms with Gasteiger partial charge in [-0.15, -0.1) is 0 Å². The highest BCUT2D eigenvalue weighted by Crippen LogP contribution is 2.34. The molecule has 1 amide bonds. The van der Waals surface area contributed by atoms with Crippen LogP contribution in [-0.2, 0) is 11.0 Å². The van der Waals surface area contributed by atoms with E-state index >= 15 is 0 Å². The van der Waals surface area contributed by atoms with Gasteiger partial charge in [0.25, 0.3) is 5.91 Å². The van der Waals surface area contributed by atoms with Gasteiger partial charge in [-0.1, -0.05) is 6.07 Å². The lowest BCUT2D eigenvalue weighted by atomic mass is 10.0. The van der Waals surface area contributed by atoms with Crippen LogP contribution in [-0.4, -0.2) is 25.4 Å². The van der Waals surface area contributed by atoms with Crippen molar-refractivity contribution in [1.82, 2.24) is 14.4 Å². The predicted molar refractivity (Wildman–Crippen MR) is 122 cm³/mol. The van der Waals surface area contributed by atoms with E-state index in [4.69, 9.17) is 5.73 Å². The summed E-state index contributed by atoms with van der Waals surface area (Å²) < 4.78 is 54.4. The number of aromatic nitrogens is 3. The number of alkyl halides is 3. The van der Waals surface area contributed by atoms with Crippen molar-refractivity contribution in [2.45, 2.75) is 33.1 Å². The van der Waals surface area contributed by atoms with Crippen molar-refractivity contribution < 1.29 is 27.5 Å². The Kier molecular flexibility index (Phi) is 5.97. The summed E-state index contributed by atoms with van der Waals surface area (Å²) in [6.07, 6.45) is -5.19. The first kappa shape index (κ1) is 24.1. The third kappa shape index (κ3) is 4.54. The second kappa shape index (κ2) is 8.66. The molecule has 0 saturated heterocycles. The lowest BCUT2D eigenvalue weighted by Crippen LogP contribution is -2.21. The summed E-state index contributed by atoms with van der Waals surface area (Å²) in [6, 6.07) is 6.38. The normalized spacial score (nSPS) is 12.7. The second-order valence-corrected chi connectivity index (χ2v) is 8.17. The van der Waals surface area contributed by atoms with Gasteiger partial charge in [0.05, 0.1) is 5.56 Å². The van der Waals surface area contributed by atoms with Crippen LogP contribution < -0.4 is 11.1 Å². The van der Waals surface area contributed by atoms with Crippen LogP contribution in [0.4, 0.5) is 29.1 Å². The van der Waals surface area contributed by atoms with Gasteiger partial charge in [0, 0.05) is 23.1 Å². The molecule has 2 heterocycles. The number of aliphatic hydroxyl groups is 1. The number of hydrogen-bond donors (Lipinski definition) is 3. The van der Waals surface area contributed by atoms with Crippen LogP contribution in [0.1, 0.15) is 34.3 Å². The Morgan fingerprint density at radius 2 is 1.86 bits per heavy atom. The minimum absolute atomic E-state index is 0.283. The van der Waals surface area contributed by atoms with E-state index in [9.17, 15) is 27.5 Å². The van der Waals surface area contributed by atoms with Crippen molar-refractivity contribution in [2.24, 2.45) is 0 Å². The third-order valence-electron chi connectivity index (χ3n) is 5.59. The SMILES string of the molecule is Cc1cc(NC(=O)[C@H](O)c2cc(F)cc(C(F)(F)F)c2)ccc1-c1nc(C)n2c(C)cnc(N)c12. The quantitative estimate of drug-likeness (QED) is 0.361. The molecule has 11 heteroatoms. The van der Waals surface area contributed by atoms with Crippen LogP contribution in [0.25, 0.3) is 16.8 Å². The molecule has 4 rings (SSSR count). The maximum absolute atomic E-state index is 13.7. The zero-order valence-electron chi connectivity index (χ0n) is 18.9. The van der Waals surface area contributed by atoms with Crippen molar-refractivity contribution in [3.05, 3.63) is 76.6 Å². The summed E-state index contributed by atoms with van der Waals surface area (Å²) in [4.78, 5) is 21.3. The summed E-state index contributed by atoms with van der Waals surface area (Å²) in [6.45, 7) is 5.50. The Balaban J connectivity index is 1.62. The molecule has 0 aliphatic carbocycles. The average molecular weight is 487 g/mol. The smallest absolute Gasteiger partial charge is 0.382 e. The van der Waals surface area contributed by atoms with Crippen LogP contribution in [0.2, 0.25) is 0 Å². The second-order valence-electron chi connectivity index (χ2n) is 8.17. The molecule has 0 aliphatic rings. The number of nitrogens with one attached hydrogen (secondary N) is 1. The Bertz CT molecular complexity index is 1460. The number of fused-ring (bicyclic) bond motifs is 1. The van der Waals surface area contributed by atoms with E-state index in [0.29, 0.717) is 40.8 Å². The van der Waals surface area contributed by atoms with Crippen LogP contribution in [0.5, 0.6) is 0 Å². The number of halogens is 4. The molecule has 4 N–H and O–H groups in total. The molecule has 2 aromatic heterocycles. The summed E-state index contributed by atoms with van der Waals surface area (Å²) in [5.74, 6) is -1.20. The molecule has 2 aromatic carbocycles. The van der Waals surface area contributed by atoms with E-state index in [0.717, 1.165) is 17.1 Å². The van der Waals surface area contributed by atoms with Crippen molar-refractivity contribution in [2.75, 3.05) is 11.1 Å². The molecule has 182 valence electrons. The summed E-state index contributed by atoms with van der Waals surface area (Å²) in [5.41, 5.74) is 8.12. The van der Waals surface area contributed by atoms with E-state index in [1.54, 1.807) is 31.3 Å². The van der Waals surface area contributed by atoms with E-state index in [-0.39, 0.29) is 5.69 Å². The number of imidazole rings is 1. The Morgan fingerprint density at radius 1 is 1.14 bits per heavy atom. The third-order valence-corrected chi connectivity index (χ3v) is 5.59. The Labute approximate surface area is 197 Å². The van der Waals surface area contributed by atoms with Gasteiger partial charge in [0.1, 0.15) is 28.7 Å². The number of aryl methyl sites for hydroxylation is 3. The molecule has 0 spiro atoms. The molecule has 0 aliphatic heterocycles. The highest BCUT2D eigenvalue weighted by atomic mass is 19.4. The summed E-state index contributed by atoms with van der Waals surface area (Å²) >= 11 is 0. The number of rotatable bonds is 4. The highest BCUT2D eigenvalue weighted by Gasteiger charge is 2.32. The minimum atomic E-state index is -4.83. The van der Waals surface area contributed by atoms with Crippen LogP contribution in [0.15, 0.2) is 42.6 Å². The number of amides is 1. The lowest BCUT2D eigenvalue weighted by molar-refractivity contribution is -0.138. The molecule has 4 aromatic rings. The molecule has 1 atom stereocenters. The van der Waals surface area contributed by atoms with Crippen LogP contribution in [0.3, 0.4) is 0 Å². The fraction of sp³-hybridized carbons (Fsp3) is 0.208. The van der Waals surface area contributed by atoms with Crippen molar-refractivity contribution in [1.29, 1.82) is 0 Å². The summed E-state index contributed by atoms with van der Waals surface area (Å²) in [5, 5.41) is 12.7. The van der Waals surface area contributed by atoms with Crippen molar-refractivity contribution in [3.63, 3.8) is 0 Å². The number of nitrogen functional groups attached to an aromatic ring is 1. The molecule has 0 unspecified atom stereocenters. The van der Waals surface area contributed by atoms with Gasteiger partial charge in [0.2, 0.25) is 0 Å². The zero-order valence-corrected chi connectivity index (χ0v) is 18.9. The van der Waals surface area contributed by atoms with Gasteiger partial charge < -0.3 is 16.2 Å². The fourth-order valence-electron chi connectivity index (χ4n) is 3.97. The molecular formula is C24H21F4N5O2. The molecule has 0 fully saturated rings. The molecule has 35 heavy (non-hydrogen) atoms.